The molecular formula is C25H26N2O7. The first-order valence-corrected chi connectivity index (χ1v) is 10.9. The van der Waals surface area contributed by atoms with Crippen LogP contribution in [-0.4, -0.2) is 41.8 Å². The van der Waals surface area contributed by atoms with Gasteiger partial charge in [-0.3, -0.25) is 19.9 Å². The number of ether oxygens (including phenoxy) is 2. The lowest BCUT2D eigenvalue weighted by molar-refractivity contribution is -0.119. The molecule has 2 aromatic heterocycles. The minimum atomic E-state index is -0.803. The van der Waals surface area contributed by atoms with Gasteiger partial charge < -0.3 is 13.9 Å². The maximum atomic E-state index is 12.9. The number of furan rings is 1. The van der Waals surface area contributed by atoms with Crippen molar-refractivity contribution >= 4 is 40.4 Å². The van der Waals surface area contributed by atoms with Gasteiger partial charge in [-0.1, -0.05) is 25.1 Å². The van der Waals surface area contributed by atoms with Crippen LogP contribution in [-0.2, 0) is 20.7 Å². The molecule has 2 heterocycles. The number of Topliss-reactive ketones (excluding diaryl/α,β-unsaturated/α-hetero) is 1. The smallest absolute Gasteiger partial charge is 0.344 e. The van der Waals surface area contributed by atoms with Crippen molar-refractivity contribution in [1.29, 1.82) is 0 Å². The zero-order chi connectivity index (χ0) is 25.0. The second kappa shape index (κ2) is 10.3. The molecule has 0 unspecified atom stereocenters. The van der Waals surface area contributed by atoms with Crippen LogP contribution in [0.4, 0.5) is 5.88 Å². The Bertz CT molecular complexity index is 1290. The zero-order valence-electron chi connectivity index (χ0n) is 19.7. The van der Waals surface area contributed by atoms with Crippen molar-refractivity contribution in [2.75, 3.05) is 18.5 Å². The fourth-order valence-corrected chi connectivity index (χ4v) is 3.79. The van der Waals surface area contributed by atoms with Gasteiger partial charge in [0.2, 0.25) is 5.88 Å². The van der Waals surface area contributed by atoms with E-state index in [1.54, 1.807) is 32.0 Å². The van der Waals surface area contributed by atoms with Crippen molar-refractivity contribution in [3.8, 4) is 0 Å². The van der Waals surface area contributed by atoms with Gasteiger partial charge in [0, 0.05) is 11.1 Å². The number of hydrogen-bond acceptors (Lipinski definition) is 8. The molecular weight excluding hydrogens is 440 g/mol. The van der Waals surface area contributed by atoms with Crippen LogP contribution in [0, 0.1) is 13.8 Å². The summed E-state index contributed by atoms with van der Waals surface area (Å²) in [5.74, 6) is -2.71. The van der Waals surface area contributed by atoms with E-state index in [9.17, 15) is 19.2 Å². The van der Waals surface area contributed by atoms with E-state index in [4.69, 9.17) is 13.9 Å². The molecule has 0 aliphatic heterocycles. The monoisotopic (exact) mass is 466 g/mol. The predicted octanol–water partition coefficient (Wildman–Crippen LogP) is 4.18. The highest BCUT2D eigenvalue weighted by molar-refractivity contribution is 6.11. The number of anilines is 1. The Morgan fingerprint density at radius 3 is 2.29 bits per heavy atom. The van der Waals surface area contributed by atoms with E-state index in [-0.39, 0.29) is 29.4 Å². The number of esters is 2. The summed E-state index contributed by atoms with van der Waals surface area (Å²) in [6.45, 7) is 7.56. The van der Waals surface area contributed by atoms with Gasteiger partial charge in [0.1, 0.15) is 11.3 Å². The number of aromatic nitrogens is 1. The molecule has 0 saturated heterocycles. The van der Waals surface area contributed by atoms with Crippen LogP contribution in [0.5, 0.6) is 0 Å². The standard InChI is InChI=1S/C25H26N2O7/c1-6-17-13(3)20(16-10-8-9-11-18(16)26-17)24(30)33-12-19(29)27-23-22(25(31)32-7-2)21(14(4)28)15(5)34-23/h8-11H,6-7,12H2,1-5H3,(H,27,29). The molecule has 1 N–H and O–H groups in total. The normalized spacial score (nSPS) is 10.7. The summed E-state index contributed by atoms with van der Waals surface area (Å²) in [7, 11) is 0. The Labute approximate surface area is 196 Å². The van der Waals surface area contributed by atoms with Gasteiger partial charge in [-0.05, 0) is 45.7 Å². The van der Waals surface area contributed by atoms with Gasteiger partial charge in [0.15, 0.2) is 12.4 Å². The van der Waals surface area contributed by atoms with Gasteiger partial charge in [-0.15, -0.1) is 0 Å². The molecule has 9 nitrogen and oxygen atoms in total. The molecule has 0 saturated carbocycles. The van der Waals surface area contributed by atoms with E-state index in [0.717, 1.165) is 5.69 Å². The van der Waals surface area contributed by atoms with Crippen LogP contribution >= 0.6 is 0 Å². The van der Waals surface area contributed by atoms with Crippen LogP contribution in [0.2, 0.25) is 0 Å². The van der Waals surface area contributed by atoms with Crippen molar-refractivity contribution < 1.29 is 33.1 Å². The second-order valence-electron chi connectivity index (χ2n) is 7.57. The minimum Gasteiger partial charge on any atom is -0.462 e. The summed E-state index contributed by atoms with van der Waals surface area (Å²) in [6.07, 6.45) is 0.629. The van der Waals surface area contributed by atoms with Crippen molar-refractivity contribution in [2.24, 2.45) is 0 Å². The van der Waals surface area contributed by atoms with E-state index in [1.807, 2.05) is 13.0 Å². The summed E-state index contributed by atoms with van der Waals surface area (Å²) in [5.41, 5.74) is 2.30. The van der Waals surface area contributed by atoms with Crippen LogP contribution in [0.3, 0.4) is 0 Å². The van der Waals surface area contributed by atoms with E-state index < -0.39 is 30.2 Å². The third-order valence-electron chi connectivity index (χ3n) is 5.28. The van der Waals surface area contributed by atoms with E-state index >= 15 is 0 Å². The summed E-state index contributed by atoms with van der Waals surface area (Å²) >= 11 is 0. The fourth-order valence-electron chi connectivity index (χ4n) is 3.79. The Morgan fingerprint density at radius 2 is 1.65 bits per heavy atom. The van der Waals surface area contributed by atoms with Crippen LogP contribution in [0.1, 0.15) is 68.9 Å². The number of hydrogen-bond donors (Lipinski definition) is 1. The average molecular weight is 466 g/mol. The molecule has 0 aliphatic rings. The third kappa shape index (κ3) is 4.83. The maximum absolute atomic E-state index is 12.9. The molecule has 34 heavy (non-hydrogen) atoms. The Morgan fingerprint density at radius 1 is 0.971 bits per heavy atom. The molecule has 0 fully saturated rings. The molecule has 1 amide bonds. The topological polar surface area (TPSA) is 125 Å². The number of carbonyl (C=O) groups excluding carboxylic acids is 4. The van der Waals surface area contributed by atoms with Crippen LogP contribution in [0.25, 0.3) is 10.9 Å². The Kier molecular flexibility index (Phi) is 7.45. The molecule has 0 aliphatic carbocycles. The summed E-state index contributed by atoms with van der Waals surface area (Å²) in [5, 5.41) is 3.02. The lowest BCUT2D eigenvalue weighted by Crippen LogP contribution is -2.23. The number of ketones is 1. The van der Waals surface area contributed by atoms with Gasteiger partial charge in [0.25, 0.3) is 5.91 Å². The molecule has 1 aromatic carbocycles. The first-order valence-electron chi connectivity index (χ1n) is 10.9. The molecule has 0 atom stereocenters. The highest BCUT2D eigenvalue weighted by atomic mass is 16.5. The van der Waals surface area contributed by atoms with Crippen molar-refractivity contribution in [2.45, 2.75) is 41.0 Å². The largest absolute Gasteiger partial charge is 0.462 e. The lowest BCUT2D eigenvalue weighted by Gasteiger charge is -2.13. The number of para-hydroxylation sites is 1. The Balaban J connectivity index is 1.83. The average Bonchev–Trinajstić information content (AvgIpc) is 3.12. The van der Waals surface area contributed by atoms with Gasteiger partial charge in [-0.25, -0.2) is 9.59 Å². The molecule has 9 heteroatoms. The minimum absolute atomic E-state index is 0.0247. The number of rotatable bonds is 8. The number of carbonyl (C=O) groups is 4. The van der Waals surface area contributed by atoms with E-state index in [1.165, 1.54) is 13.8 Å². The summed E-state index contributed by atoms with van der Waals surface area (Å²) in [6, 6.07) is 7.20. The molecule has 178 valence electrons. The molecule has 0 bridgehead atoms. The second-order valence-corrected chi connectivity index (χ2v) is 7.57. The van der Waals surface area contributed by atoms with Crippen molar-refractivity contribution in [3.63, 3.8) is 0 Å². The highest BCUT2D eigenvalue weighted by Gasteiger charge is 2.29. The molecule has 0 spiro atoms. The fraction of sp³-hybridized carbons (Fsp3) is 0.320. The van der Waals surface area contributed by atoms with Crippen LogP contribution in [0.15, 0.2) is 28.7 Å². The van der Waals surface area contributed by atoms with Crippen LogP contribution < -0.4 is 5.32 Å². The first kappa shape index (κ1) is 24.6. The van der Waals surface area contributed by atoms with E-state index in [2.05, 4.69) is 10.3 Å². The van der Waals surface area contributed by atoms with Gasteiger partial charge in [-0.2, -0.15) is 0 Å². The van der Waals surface area contributed by atoms with Crippen molar-refractivity contribution in [3.05, 3.63) is 58.0 Å². The number of pyridine rings is 1. The lowest BCUT2D eigenvalue weighted by atomic mass is 10.0. The number of benzene rings is 1. The van der Waals surface area contributed by atoms with Crippen molar-refractivity contribution in [1.82, 2.24) is 4.98 Å². The van der Waals surface area contributed by atoms with Gasteiger partial charge >= 0.3 is 11.9 Å². The Hall–Kier alpha value is -4.01. The van der Waals surface area contributed by atoms with Gasteiger partial charge in [0.05, 0.1) is 23.3 Å². The summed E-state index contributed by atoms with van der Waals surface area (Å²) in [4.78, 5) is 54.5. The van der Waals surface area contributed by atoms with E-state index in [0.29, 0.717) is 28.5 Å². The quantitative estimate of drug-likeness (QED) is 0.387. The number of nitrogens with one attached hydrogen (secondary N) is 1. The number of aryl methyl sites for hydroxylation is 2. The number of fused-ring (bicyclic) bond motifs is 1. The SMILES string of the molecule is CCOC(=O)c1c(NC(=O)COC(=O)c2c(C)c(CC)nc3ccccc23)oc(C)c1C(C)=O. The molecule has 3 aromatic rings. The first-order chi connectivity index (χ1) is 16.2. The number of nitrogens with zero attached hydrogens (tertiary/aromatic N) is 1. The number of amides is 1. The third-order valence-corrected chi connectivity index (χ3v) is 5.28. The zero-order valence-corrected chi connectivity index (χ0v) is 19.7. The maximum Gasteiger partial charge on any atom is 0.344 e. The predicted molar refractivity (Wildman–Crippen MR) is 124 cm³/mol. The molecule has 0 radical (unpaired) electrons. The highest BCUT2D eigenvalue weighted by Crippen LogP contribution is 2.29. The summed E-state index contributed by atoms with van der Waals surface area (Å²) < 4.78 is 15.7. The molecule has 3 rings (SSSR count).